The second kappa shape index (κ2) is 3.57. The highest BCUT2D eigenvalue weighted by atomic mass is 35.5. The zero-order valence-electron chi connectivity index (χ0n) is 7.31. The fraction of sp³-hybridized carbons (Fsp3) is 0.500. The van der Waals surface area contributed by atoms with Crippen molar-refractivity contribution < 1.29 is 4.39 Å². The molecule has 1 aromatic rings. The van der Waals surface area contributed by atoms with Crippen molar-refractivity contribution in [1.29, 1.82) is 0 Å². The van der Waals surface area contributed by atoms with Gasteiger partial charge in [0.1, 0.15) is 0 Å². The molecule has 1 saturated carbocycles. The van der Waals surface area contributed by atoms with Gasteiger partial charge in [0.25, 0.3) is 5.56 Å². The summed E-state index contributed by atoms with van der Waals surface area (Å²) in [5.41, 5.74) is -0.841. The van der Waals surface area contributed by atoms with Crippen LogP contribution in [0.4, 0.5) is 10.2 Å². The summed E-state index contributed by atoms with van der Waals surface area (Å²) in [5.74, 6) is -0.954. The summed E-state index contributed by atoms with van der Waals surface area (Å²) >= 11 is 5.49. The van der Waals surface area contributed by atoms with Gasteiger partial charge in [0.05, 0.1) is 0 Å². The van der Waals surface area contributed by atoms with Crippen molar-refractivity contribution in [2.45, 2.75) is 25.3 Å². The van der Waals surface area contributed by atoms with Gasteiger partial charge < -0.3 is 5.32 Å². The van der Waals surface area contributed by atoms with Crippen LogP contribution in [0.3, 0.4) is 0 Å². The number of nitrogens with one attached hydrogen (secondary N) is 2. The molecular weight excluding hydrogens is 209 g/mol. The fourth-order valence-electron chi connectivity index (χ4n) is 1.27. The molecule has 0 amide bonds. The van der Waals surface area contributed by atoms with Gasteiger partial charge in [-0.2, -0.15) is 9.37 Å². The summed E-state index contributed by atoms with van der Waals surface area (Å²) < 4.78 is 13.2. The van der Waals surface area contributed by atoms with Gasteiger partial charge in [0.2, 0.25) is 11.1 Å². The molecule has 0 bridgehead atoms. The molecule has 0 radical (unpaired) electrons. The standard InChI is InChI=1S/C8H9ClFN3O/c9-8-12-6(5(10)7(14)13-8)11-4-2-1-3-4/h4H,1-3H2,(H2,11,12,13,14). The molecular formula is C8H9ClFN3O. The SMILES string of the molecule is O=c1[nH]c(Cl)nc(NC2CCC2)c1F. The second-order valence-electron chi connectivity index (χ2n) is 3.29. The van der Waals surface area contributed by atoms with Crippen LogP contribution in [0.2, 0.25) is 5.28 Å². The van der Waals surface area contributed by atoms with E-state index in [4.69, 9.17) is 11.6 Å². The Balaban J connectivity index is 2.26. The lowest BCUT2D eigenvalue weighted by atomic mass is 9.93. The van der Waals surface area contributed by atoms with E-state index in [1.54, 1.807) is 0 Å². The highest BCUT2D eigenvalue weighted by molar-refractivity contribution is 6.28. The molecule has 1 aliphatic rings. The minimum Gasteiger partial charge on any atom is -0.365 e. The lowest BCUT2D eigenvalue weighted by molar-refractivity contribution is 0.441. The normalized spacial score (nSPS) is 16.4. The van der Waals surface area contributed by atoms with Gasteiger partial charge in [-0.1, -0.05) is 0 Å². The number of rotatable bonds is 2. The maximum absolute atomic E-state index is 13.2. The van der Waals surface area contributed by atoms with Crippen LogP contribution in [-0.4, -0.2) is 16.0 Å². The maximum Gasteiger partial charge on any atom is 0.290 e. The van der Waals surface area contributed by atoms with Gasteiger partial charge in [0, 0.05) is 6.04 Å². The molecule has 0 aromatic carbocycles. The number of aromatic amines is 1. The highest BCUT2D eigenvalue weighted by Gasteiger charge is 2.20. The van der Waals surface area contributed by atoms with Gasteiger partial charge >= 0.3 is 0 Å². The number of halogens is 2. The zero-order valence-corrected chi connectivity index (χ0v) is 8.07. The van der Waals surface area contributed by atoms with E-state index in [0.717, 1.165) is 19.3 Å². The Bertz CT molecular complexity index is 402. The van der Waals surface area contributed by atoms with Gasteiger partial charge in [0.15, 0.2) is 5.82 Å². The van der Waals surface area contributed by atoms with Crippen LogP contribution in [0.15, 0.2) is 4.79 Å². The molecule has 0 aliphatic heterocycles. The van der Waals surface area contributed by atoms with E-state index in [1.807, 2.05) is 0 Å². The topological polar surface area (TPSA) is 57.8 Å². The van der Waals surface area contributed by atoms with E-state index in [2.05, 4.69) is 15.3 Å². The van der Waals surface area contributed by atoms with Gasteiger partial charge in [-0.3, -0.25) is 9.78 Å². The minimum absolute atomic E-state index is 0.0524. The summed E-state index contributed by atoms with van der Waals surface area (Å²) in [5, 5.41) is 2.74. The first-order chi connectivity index (χ1) is 6.66. The van der Waals surface area contributed by atoms with Crippen molar-refractivity contribution >= 4 is 17.4 Å². The van der Waals surface area contributed by atoms with Crippen molar-refractivity contribution in [3.05, 3.63) is 21.5 Å². The number of H-pyrrole nitrogens is 1. The minimum atomic E-state index is -0.902. The zero-order chi connectivity index (χ0) is 10.1. The molecule has 1 aliphatic carbocycles. The molecule has 0 saturated heterocycles. The third-order valence-electron chi connectivity index (χ3n) is 2.28. The molecule has 6 heteroatoms. The third kappa shape index (κ3) is 1.72. The Hall–Kier alpha value is -1.10. The van der Waals surface area contributed by atoms with Crippen LogP contribution >= 0.6 is 11.6 Å². The first kappa shape index (κ1) is 9.45. The Morgan fingerprint density at radius 2 is 2.29 bits per heavy atom. The molecule has 0 unspecified atom stereocenters. The van der Waals surface area contributed by atoms with Crippen LogP contribution in [-0.2, 0) is 0 Å². The maximum atomic E-state index is 13.2. The first-order valence-electron chi connectivity index (χ1n) is 4.38. The fourth-order valence-corrected chi connectivity index (χ4v) is 1.44. The van der Waals surface area contributed by atoms with Crippen LogP contribution < -0.4 is 10.9 Å². The predicted octanol–water partition coefficient (Wildman–Crippen LogP) is 1.53. The van der Waals surface area contributed by atoms with Crippen molar-refractivity contribution in [2.24, 2.45) is 0 Å². The van der Waals surface area contributed by atoms with E-state index < -0.39 is 11.4 Å². The van der Waals surface area contributed by atoms with Crippen LogP contribution in [0.5, 0.6) is 0 Å². The Morgan fingerprint density at radius 1 is 1.57 bits per heavy atom. The van der Waals surface area contributed by atoms with Gasteiger partial charge in [-0.25, -0.2) is 0 Å². The Labute approximate surface area is 84.5 Å². The summed E-state index contributed by atoms with van der Waals surface area (Å²) in [6.07, 6.45) is 3.08. The van der Waals surface area contributed by atoms with Crippen LogP contribution in [0.1, 0.15) is 19.3 Å². The Kier molecular flexibility index (Phi) is 2.41. The van der Waals surface area contributed by atoms with Crippen molar-refractivity contribution in [2.75, 3.05) is 5.32 Å². The van der Waals surface area contributed by atoms with Crippen molar-refractivity contribution in [3.8, 4) is 0 Å². The smallest absolute Gasteiger partial charge is 0.290 e. The molecule has 2 N–H and O–H groups in total. The average molecular weight is 218 g/mol. The summed E-state index contributed by atoms with van der Waals surface area (Å²) in [4.78, 5) is 16.7. The highest BCUT2D eigenvalue weighted by Crippen LogP contribution is 2.22. The molecule has 0 atom stereocenters. The third-order valence-corrected chi connectivity index (χ3v) is 2.46. The van der Waals surface area contributed by atoms with Crippen LogP contribution in [0.25, 0.3) is 0 Å². The van der Waals surface area contributed by atoms with Crippen LogP contribution in [0, 0.1) is 5.82 Å². The molecule has 0 spiro atoms. The second-order valence-corrected chi connectivity index (χ2v) is 3.65. The number of anilines is 1. The first-order valence-corrected chi connectivity index (χ1v) is 4.76. The van der Waals surface area contributed by atoms with Crippen molar-refractivity contribution in [1.82, 2.24) is 9.97 Å². The number of aromatic nitrogens is 2. The Morgan fingerprint density at radius 3 is 2.86 bits per heavy atom. The van der Waals surface area contributed by atoms with E-state index in [9.17, 15) is 9.18 Å². The van der Waals surface area contributed by atoms with E-state index in [-0.39, 0.29) is 17.1 Å². The van der Waals surface area contributed by atoms with E-state index in [0.29, 0.717) is 0 Å². The molecule has 4 nitrogen and oxygen atoms in total. The average Bonchev–Trinajstić information content (AvgIpc) is 2.05. The molecule has 1 fully saturated rings. The molecule has 76 valence electrons. The summed E-state index contributed by atoms with van der Waals surface area (Å²) in [6, 6.07) is 0.217. The lowest BCUT2D eigenvalue weighted by Crippen LogP contribution is -2.29. The molecule has 1 aromatic heterocycles. The summed E-state index contributed by atoms with van der Waals surface area (Å²) in [7, 11) is 0. The largest absolute Gasteiger partial charge is 0.365 e. The quantitative estimate of drug-likeness (QED) is 0.739. The van der Waals surface area contributed by atoms with Gasteiger partial charge in [-0.05, 0) is 30.9 Å². The monoisotopic (exact) mass is 217 g/mol. The molecule has 2 rings (SSSR count). The number of hydrogen-bond donors (Lipinski definition) is 2. The molecule has 14 heavy (non-hydrogen) atoms. The lowest BCUT2D eigenvalue weighted by Gasteiger charge is -2.26. The molecule has 1 heterocycles. The van der Waals surface area contributed by atoms with E-state index >= 15 is 0 Å². The van der Waals surface area contributed by atoms with Gasteiger partial charge in [-0.15, -0.1) is 0 Å². The number of nitrogens with zero attached hydrogens (tertiary/aromatic N) is 1. The predicted molar refractivity (Wildman–Crippen MR) is 51.1 cm³/mol. The summed E-state index contributed by atoms with van der Waals surface area (Å²) in [6.45, 7) is 0. The van der Waals surface area contributed by atoms with E-state index in [1.165, 1.54) is 0 Å². The number of hydrogen-bond acceptors (Lipinski definition) is 3. The van der Waals surface area contributed by atoms with Crippen molar-refractivity contribution in [3.63, 3.8) is 0 Å².